The van der Waals surface area contributed by atoms with Gasteiger partial charge < -0.3 is 9.64 Å². The molecule has 1 amide bonds. The number of carbonyl (C=O) groups is 2. The maximum absolute atomic E-state index is 13.3. The van der Waals surface area contributed by atoms with Gasteiger partial charge in [-0.3, -0.25) is 9.48 Å². The Labute approximate surface area is 171 Å². The second-order valence-corrected chi connectivity index (χ2v) is 8.68. The second-order valence-electron chi connectivity index (χ2n) is 6.34. The molecule has 29 heavy (non-hydrogen) atoms. The molecule has 0 saturated carbocycles. The number of nitrogens with zero attached hydrogens (tertiary/aromatic N) is 4. The van der Waals surface area contributed by atoms with Crippen LogP contribution in [0.4, 0.5) is 4.39 Å². The van der Waals surface area contributed by atoms with E-state index in [0.29, 0.717) is 0 Å². The molecule has 1 aromatic heterocycles. The van der Waals surface area contributed by atoms with Gasteiger partial charge in [0.2, 0.25) is 10.0 Å². The van der Waals surface area contributed by atoms with Crippen molar-refractivity contribution < 1.29 is 27.1 Å². The minimum Gasteiger partial charge on any atom is -0.452 e. The van der Waals surface area contributed by atoms with E-state index in [1.807, 2.05) is 0 Å². The van der Waals surface area contributed by atoms with Crippen LogP contribution in [0.3, 0.4) is 0 Å². The smallest absolute Gasteiger partial charge is 0.341 e. The third-order valence-electron chi connectivity index (χ3n) is 4.39. The molecule has 0 unspecified atom stereocenters. The summed E-state index contributed by atoms with van der Waals surface area (Å²) in [6.07, 6.45) is 2.80. The molecule has 1 saturated heterocycles. The molecule has 1 aliphatic heterocycles. The van der Waals surface area contributed by atoms with E-state index in [4.69, 9.17) is 16.3 Å². The predicted octanol–water partition coefficient (Wildman–Crippen LogP) is 0.903. The van der Waals surface area contributed by atoms with Crippen molar-refractivity contribution in [1.29, 1.82) is 0 Å². The number of esters is 1. The predicted molar refractivity (Wildman–Crippen MR) is 100 cm³/mol. The highest BCUT2D eigenvalue weighted by Crippen LogP contribution is 2.23. The molecule has 9 nitrogen and oxygen atoms in total. The summed E-state index contributed by atoms with van der Waals surface area (Å²) in [4.78, 5) is 25.4. The number of ether oxygens (including phenoxy) is 1. The van der Waals surface area contributed by atoms with Crippen molar-refractivity contribution >= 4 is 33.5 Å². The van der Waals surface area contributed by atoms with Crippen LogP contribution in [-0.4, -0.2) is 72.1 Å². The van der Waals surface area contributed by atoms with Crippen LogP contribution in [0, 0.1) is 5.82 Å². The first-order valence-electron chi connectivity index (χ1n) is 8.57. The highest BCUT2D eigenvalue weighted by Gasteiger charge is 2.30. The highest BCUT2D eigenvalue weighted by molar-refractivity contribution is 7.89. The molecule has 0 bridgehead atoms. The van der Waals surface area contributed by atoms with Crippen LogP contribution >= 0.6 is 11.6 Å². The van der Waals surface area contributed by atoms with Crippen LogP contribution in [0.2, 0.25) is 5.02 Å². The standard InChI is InChI=1S/C17H18ClFN4O5S/c1-21-10-12(9-20-21)17(25)28-11-16(24)22-4-6-23(7-5-22)29(26,27)13-2-3-15(19)14(18)8-13/h2-3,8-10H,4-7,11H2,1H3. The number of aryl methyl sites for hydroxylation is 1. The number of benzene rings is 1. The van der Waals surface area contributed by atoms with E-state index >= 15 is 0 Å². The van der Waals surface area contributed by atoms with Gasteiger partial charge in [0.15, 0.2) is 6.61 Å². The Balaban J connectivity index is 1.54. The van der Waals surface area contributed by atoms with Crippen molar-refractivity contribution in [2.24, 2.45) is 7.05 Å². The fourth-order valence-corrected chi connectivity index (χ4v) is 4.49. The fourth-order valence-electron chi connectivity index (χ4n) is 2.79. The Bertz CT molecular complexity index is 1030. The number of halogens is 2. The van der Waals surface area contributed by atoms with Gasteiger partial charge >= 0.3 is 5.97 Å². The van der Waals surface area contributed by atoms with E-state index in [9.17, 15) is 22.4 Å². The number of carbonyl (C=O) groups excluding carboxylic acids is 2. The van der Waals surface area contributed by atoms with Crippen molar-refractivity contribution in [3.63, 3.8) is 0 Å². The third-order valence-corrected chi connectivity index (χ3v) is 6.57. The minimum atomic E-state index is -3.86. The minimum absolute atomic E-state index is 0.0552. The summed E-state index contributed by atoms with van der Waals surface area (Å²) in [5.41, 5.74) is 0.231. The number of sulfonamides is 1. The molecular formula is C17H18ClFN4O5S. The SMILES string of the molecule is Cn1cc(C(=O)OCC(=O)N2CCN(S(=O)(=O)c3ccc(F)c(Cl)c3)CC2)cn1. The molecular weight excluding hydrogens is 427 g/mol. The first kappa shape index (κ1) is 21.2. The lowest BCUT2D eigenvalue weighted by Gasteiger charge is -2.33. The van der Waals surface area contributed by atoms with Crippen LogP contribution in [0.25, 0.3) is 0 Å². The molecule has 3 rings (SSSR count). The Morgan fingerprint density at radius 2 is 1.93 bits per heavy atom. The lowest BCUT2D eigenvalue weighted by atomic mass is 10.3. The fraction of sp³-hybridized carbons (Fsp3) is 0.353. The van der Waals surface area contributed by atoms with E-state index in [1.165, 1.54) is 26.3 Å². The number of rotatable bonds is 5. The summed E-state index contributed by atoms with van der Waals surface area (Å²) < 4.78 is 46.2. The average Bonchev–Trinajstić information content (AvgIpc) is 3.14. The van der Waals surface area contributed by atoms with Gasteiger partial charge in [0.05, 0.1) is 21.7 Å². The first-order chi connectivity index (χ1) is 13.7. The van der Waals surface area contributed by atoms with Crippen molar-refractivity contribution in [3.8, 4) is 0 Å². The number of hydrogen-bond acceptors (Lipinski definition) is 6. The maximum Gasteiger partial charge on any atom is 0.341 e. The summed E-state index contributed by atoms with van der Waals surface area (Å²) in [7, 11) is -2.21. The quantitative estimate of drug-likeness (QED) is 0.635. The number of piperazine rings is 1. The second kappa shape index (κ2) is 8.47. The summed E-state index contributed by atoms with van der Waals surface area (Å²) in [5, 5.41) is 3.57. The van der Waals surface area contributed by atoms with Gasteiger partial charge in [0, 0.05) is 39.4 Å². The molecule has 1 aliphatic rings. The van der Waals surface area contributed by atoms with Crippen LogP contribution in [0.5, 0.6) is 0 Å². The molecule has 2 aromatic rings. The van der Waals surface area contributed by atoms with Crippen molar-refractivity contribution in [3.05, 3.63) is 47.0 Å². The van der Waals surface area contributed by atoms with Gasteiger partial charge in [-0.05, 0) is 18.2 Å². The number of hydrogen-bond donors (Lipinski definition) is 0. The molecule has 0 spiro atoms. The Hall–Kier alpha value is -2.50. The summed E-state index contributed by atoms with van der Waals surface area (Å²) in [5.74, 6) is -1.80. The number of aromatic nitrogens is 2. The molecule has 1 aromatic carbocycles. The first-order valence-corrected chi connectivity index (χ1v) is 10.4. The van der Waals surface area contributed by atoms with E-state index in [-0.39, 0.29) is 41.7 Å². The van der Waals surface area contributed by atoms with Gasteiger partial charge in [-0.2, -0.15) is 9.40 Å². The lowest BCUT2D eigenvalue weighted by Crippen LogP contribution is -2.51. The lowest BCUT2D eigenvalue weighted by molar-refractivity contribution is -0.135. The van der Waals surface area contributed by atoms with E-state index < -0.39 is 34.3 Å². The van der Waals surface area contributed by atoms with Gasteiger partial charge in [-0.1, -0.05) is 11.6 Å². The Morgan fingerprint density at radius 3 is 2.52 bits per heavy atom. The molecule has 1 fully saturated rings. The average molecular weight is 445 g/mol. The van der Waals surface area contributed by atoms with Crippen LogP contribution < -0.4 is 0 Å². The monoisotopic (exact) mass is 444 g/mol. The van der Waals surface area contributed by atoms with Crippen molar-refractivity contribution in [1.82, 2.24) is 19.0 Å². The summed E-state index contributed by atoms with van der Waals surface area (Å²) in [6.45, 7) is -0.0673. The zero-order chi connectivity index (χ0) is 21.2. The topological polar surface area (TPSA) is 102 Å². The van der Waals surface area contributed by atoms with Gasteiger partial charge in [-0.15, -0.1) is 0 Å². The Kier molecular flexibility index (Phi) is 6.20. The van der Waals surface area contributed by atoms with E-state index in [0.717, 1.165) is 18.2 Å². The van der Waals surface area contributed by atoms with Crippen LogP contribution in [0.15, 0.2) is 35.5 Å². The molecule has 2 heterocycles. The Morgan fingerprint density at radius 1 is 1.24 bits per heavy atom. The van der Waals surface area contributed by atoms with Crippen LogP contribution in [0.1, 0.15) is 10.4 Å². The zero-order valence-electron chi connectivity index (χ0n) is 15.4. The summed E-state index contributed by atoms with van der Waals surface area (Å²) in [6, 6.07) is 3.19. The number of amides is 1. The van der Waals surface area contributed by atoms with E-state index in [1.54, 1.807) is 7.05 Å². The zero-order valence-corrected chi connectivity index (χ0v) is 17.0. The molecule has 0 N–H and O–H groups in total. The molecule has 12 heteroatoms. The summed E-state index contributed by atoms with van der Waals surface area (Å²) >= 11 is 5.67. The normalized spacial score (nSPS) is 15.3. The highest BCUT2D eigenvalue weighted by atomic mass is 35.5. The molecule has 156 valence electrons. The largest absolute Gasteiger partial charge is 0.452 e. The molecule has 0 radical (unpaired) electrons. The van der Waals surface area contributed by atoms with E-state index in [2.05, 4.69) is 5.10 Å². The molecule has 0 atom stereocenters. The maximum atomic E-state index is 13.3. The van der Waals surface area contributed by atoms with Gasteiger partial charge in [0.1, 0.15) is 5.82 Å². The molecule has 0 aliphatic carbocycles. The van der Waals surface area contributed by atoms with Crippen LogP contribution in [-0.2, 0) is 26.6 Å². The van der Waals surface area contributed by atoms with Crippen molar-refractivity contribution in [2.45, 2.75) is 4.90 Å². The van der Waals surface area contributed by atoms with Gasteiger partial charge in [-0.25, -0.2) is 17.6 Å². The van der Waals surface area contributed by atoms with Gasteiger partial charge in [0.25, 0.3) is 5.91 Å². The van der Waals surface area contributed by atoms with Crippen molar-refractivity contribution in [2.75, 3.05) is 32.8 Å². The third kappa shape index (κ3) is 4.74.